The molecule has 1 aromatic carbocycles. The Morgan fingerprint density at radius 1 is 1.28 bits per heavy atom. The van der Waals surface area contributed by atoms with Gasteiger partial charge in [0.1, 0.15) is 0 Å². The van der Waals surface area contributed by atoms with Gasteiger partial charge in [-0.2, -0.15) is 0 Å². The first-order valence-corrected chi connectivity index (χ1v) is 6.32. The summed E-state index contributed by atoms with van der Waals surface area (Å²) in [6.45, 7) is 7.17. The highest BCUT2D eigenvalue weighted by molar-refractivity contribution is 5.22. The zero-order valence-corrected chi connectivity index (χ0v) is 11.3. The molecule has 0 radical (unpaired) electrons. The quantitative estimate of drug-likeness (QED) is 0.600. The van der Waals surface area contributed by atoms with E-state index in [1.807, 2.05) is 6.92 Å². The Morgan fingerprint density at radius 2 is 2.00 bits per heavy atom. The largest absolute Gasteiger partial charge is 0.314 e. The molecule has 0 fully saturated rings. The molecule has 1 aromatic rings. The van der Waals surface area contributed by atoms with Crippen LogP contribution in [0.4, 0.5) is 8.78 Å². The van der Waals surface area contributed by atoms with Crippen molar-refractivity contribution in [3.63, 3.8) is 0 Å². The molecule has 0 aliphatic carbocycles. The maximum Gasteiger partial charge on any atom is 0.159 e. The second kappa shape index (κ2) is 7.27. The molecule has 18 heavy (non-hydrogen) atoms. The molecule has 0 saturated carbocycles. The van der Waals surface area contributed by atoms with Crippen LogP contribution < -0.4 is 5.32 Å². The first-order valence-electron chi connectivity index (χ1n) is 6.32. The number of hydrogen-bond acceptors (Lipinski definition) is 1. The van der Waals surface area contributed by atoms with Crippen LogP contribution in [0.1, 0.15) is 32.8 Å². The summed E-state index contributed by atoms with van der Waals surface area (Å²) < 4.78 is 25.8. The number of benzene rings is 1. The third-order valence-corrected chi connectivity index (χ3v) is 2.66. The minimum atomic E-state index is -0.790. The second-order valence-corrected chi connectivity index (χ2v) is 4.87. The zero-order valence-electron chi connectivity index (χ0n) is 11.3. The Bertz CT molecular complexity index is 411. The molecule has 0 spiro atoms. The summed E-state index contributed by atoms with van der Waals surface area (Å²) in [5.74, 6) is -1.57. The molecule has 0 aliphatic rings. The van der Waals surface area contributed by atoms with Crippen LogP contribution in [0.3, 0.4) is 0 Å². The lowest BCUT2D eigenvalue weighted by atomic mass is 10.1. The Labute approximate surface area is 108 Å². The van der Waals surface area contributed by atoms with Gasteiger partial charge >= 0.3 is 0 Å². The van der Waals surface area contributed by atoms with Crippen molar-refractivity contribution >= 4 is 0 Å². The molecular formula is C15H21F2N. The van der Waals surface area contributed by atoms with Gasteiger partial charge in [-0.05, 0) is 44.0 Å². The third-order valence-electron chi connectivity index (χ3n) is 2.66. The van der Waals surface area contributed by atoms with Crippen molar-refractivity contribution in [1.82, 2.24) is 5.32 Å². The van der Waals surface area contributed by atoms with Gasteiger partial charge in [0, 0.05) is 6.04 Å². The van der Waals surface area contributed by atoms with Gasteiger partial charge in [-0.3, -0.25) is 0 Å². The van der Waals surface area contributed by atoms with Gasteiger partial charge in [0.25, 0.3) is 0 Å². The zero-order chi connectivity index (χ0) is 13.5. The maximum atomic E-state index is 13.0. The molecule has 1 N–H and O–H groups in total. The summed E-state index contributed by atoms with van der Waals surface area (Å²) in [6.07, 6.45) is 3.75. The summed E-state index contributed by atoms with van der Waals surface area (Å²) in [5, 5.41) is 3.33. The number of rotatable bonds is 6. The van der Waals surface area contributed by atoms with Crippen molar-refractivity contribution in [2.75, 3.05) is 6.54 Å². The van der Waals surface area contributed by atoms with Gasteiger partial charge in [0.2, 0.25) is 0 Å². The molecule has 1 nitrogen and oxygen atoms in total. The highest BCUT2D eigenvalue weighted by Crippen LogP contribution is 2.12. The molecule has 0 aliphatic heterocycles. The first-order chi connectivity index (χ1) is 8.49. The number of nitrogens with one attached hydrogen (secondary N) is 1. The topological polar surface area (TPSA) is 12.0 Å². The van der Waals surface area contributed by atoms with Crippen molar-refractivity contribution in [2.45, 2.75) is 39.7 Å². The number of hydrogen-bond donors (Lipinski definition) is 1. The van der Waals surface area contributed by atoms with Crippen LogP contribution in [0.5, 0.6) is 0 Å². The average molecular weight is 253 g/mol. The molecule has 3 heteroatoms. The first kappa shape index (κ1) is 14.8. The predicted octanol–water partition coefficient (Wildman–Crippen LogP) is 3.84. The van der Waals surface area contributed by atoms with Crippen molar-refractivity contribution in [3.8, 4) is 0 Å². The summed E-state index contributed by atoms with van der Waals surface area (Å²) >= 11 is 0. The lowest BCUT2D eigenvalue weighted by molar-refractivity contribution is 0.507. The van der Waals surface area contributed by atoms with Crippen LogP contribution in [-0.4, -0.2) is 12.6 Å². The molecular weight excluding hydrogens is 232 g/mol. The molecule has 0 amide bonds. The van der Waals surface area contributed by atoms with Gasteiger partial charge < -0.3 is 5.32 Å². The molecule has 0 unspecified atom stereocenters. The van der Waals surface area contributed by atoms with E-state index in [1.165, 1.54) is 17.7 Å². The summed E-state index contributed by atoms with van der Waals surface area (Å²) in [6, 6.07) is 4.56. The predicted molar refractivity (Wildman–Crippen MR) is 71.6 cm³/mol. The van der Waals surface area contributed by atoms with Gasteiger partial charge in [-0.1, -0.05) is 31.6 Å². The van der Waals surface area contributed by atoms with Crippen LogP contribution in [0, 0.1) is 11.6 Å². The number of halogens is 2. The second-order valence-electron chi connectivity index (χ2n) is 4.87. The van der Waals surface area contributed by atoms with E-state index in [-0.39, 0.29) is 0 Å². The molecule has 0 heterocycles. The average Bonchev–Trinajstić information content (AvgIpc) is 2.29. The van der Waals surface area contributed by atoms with E-state index in [4.69, 9.17) is 0 Å². The van der Waals surface area contributed by atoms with Crippen molar-refractivity contribution in [2.24, 2.45) is 0 Å². The SMILES string of the molecule is C/C(=C/CCNC(C)C)Cc1ccc(F)c(F)c1. The van der Waals surface area contributed by atoms with Crippen molar-refractivity contribution < 1.29 is 8.78 Å². The van der Waals surface area contributed by atoms with E-state index < -0.39 is 11.6 Å². The van der Waals surface area contributed by atoms with E-state index in [2.05, 4.69) is 25.2 Å². The molecule has 0 saturated heterocycles. The summed E-state index contributed by atoms with van der Waals surface area (Å²) in [4.78, 5) is 0. The van der Waals surface area contributed by atoms with Crippen molar-refractivity contribution in [3.05, 3.63) is 47.0 Å². The van der Waals surface area contributed by atoms with Gasteiger partial charge in [-0.15, -0.1) is 0 Å². The summed E-state index contributed by atoms with van der Waals surface area (Å²) in [5.41, 5.74) is 1.98. The Morgan fingerprint density at radius 3 is 2.61 bits per heavy atom. The van der Waals surface area contributed by atoms with Gasteiger partial charge in [0.15, 0.2) is 11.6 Å². The van der Waals surface area contributed by atoms with E-state index in [1.54, 1.807) is 6.07 Å². The fourth-order valence-electron chi connectivity index (χ4n) is 1.73. The molecule has 1 rings (SSSR count). The van der Waals surface area contributed by atoms with Crippen LogP contribution >= 0.6 is 0 Å². The molecule has 0 aromatic heterocycles. The van der Waals surface area contributed by atoms with E-state index in [0.717, 1.165) is 18.5 Å². The third kappa shape index (κ3) is 5.41. The molecule has 100 valence electrons. The van der Waals surface area contributed by atoms with Gasteiger partial charge in [-0.25, -0.2) is 8.78 Å². The minimum Gasteiger partial charge on any atom is -0.314 e. The minimum absolute atomic E-state index is 0.491. The Balaban J connectivity index is 2.45. The highest BCUT2D eigenvalue weighted by atomic mass is 19.2. The lowest BCUT2D eigenvalue weighted by Gasteiger charge is -2.06. The summed E-state index contributed by atoms with van der Waals surface area (Å²) in [7, 11) is 0. The normalized spacial score (nSPS) is 12.2. The van der Waals surface area contributed by atoms with Crippen molar-refractivity contribution in [1.29, 1.82) is 0 Å². The molecule has 0 bridgehead atoms. The fourth-order valence-corrected chi connectivity index (χ4v) is 1.73. The number of allylic oxidation sites excluding steroid dienone is 1. The maximum absolute atomic E-state index is 13.0. The van der Waals surface area contributed by atoms with Gasteiger partial charge in [0.05, 0.1) is 0 Å². The monoisotopic (exact) mass is 253 g/mol. The van der Waals surface area contributed by atoms with Crippen LogP contribution in [-0.2, 0) is 6.42 Å². The van der Waals surface area contributed by atoms with Crippen LogP contribution in [0.2, 0.25) is 0 Å². The highest BCUT2D eigenvalue weighted by Gasteiger charge is 2.02. The van der Waals surface area contributed by atoms with E-state index in [0.29, 0.717) is 12.5 Å². The Kier molecular flexibility index (Phi) is 5.99. The van der Waals surface area contributed by atoms with E-state index in [9.17, 15) is 8.78 Å². The lowest BCUT2D eigenvalue weighted by Crippen LogP contribution is -2.23. The van der Waals surface area contributed by atoms with Crippen LogP contribution in [0.15, 0.2) is 29.8 Å². The standard InChI is InChI=1S/C15H21F2N/c1-11(2)18-8-4-5-12(3)9-13-6-7-14(16)15(17)10-13/h5-7,10-11,18H,4,8-9H2,1-3H3/b12-5-. The van der Waals surface area contributed by atoms with E-state index >= 15 is 0 Å². The van der Waals surface area contributed by atoms with Crippen LogP contribution in [0.25, 0.3) is 0 Å². The fraction of sp³-hybridized carbons (Fsp3) is 0.467. The Hall–Kier alpha value is -1.22. The molecule has 0 atom stereocenters. The smallest absolute Gasteiger partial charge is 0.159 e.